The lowest BCUT2D eigenvalue weighted by molar-refractivity contribution is 0.166. The SMILES string of the molecule is c1cc(CN2CCN(c3nc4ccccc4s3)CC2)c2c(c1)OCCO2. The third kappa shape index (κ3) is 2.99. The van der Waals surface area contributed by atoms with Crippen molar-refractivity contribution in [1.29, 1.82) is 0 Å². The van der Waals surface area contributed by atoms with E-state index in [0.29, 0.717) is 13.2 Å². The summed E-state index contributed by atoms with van der Waals surface area (Å²) in [6, 6.07) is 14.6. The van der Waals surface area contributed by atoms with Gasteiger partial charge in [-0.15, -0.1) is 0 Å². The molecule has 1 fully saturated rings. The zero-order valence-electron chi connectivity index (χ0n) is 14.6. The number of nitrogens with zero attached hydrogens (tertiary/aromatic N) is 3. The van der Waals surface area contributed by atoms with Crippen LogP contribution in [0.3, 0.4) is 0 Å². The Bertz CT molecular complexity index is 885. The second kappa shape index (κ2) is 6.78. The molecule has 5 nitrogen and oxygen atoms in total. The Labute approximate surface area is 156 Å². The first kappa shape index (κ1) is 15.9. The summed E-state index contributed by atoms with van der Waals surface area (Å²) in [6.45, 7) is 6.24. The van der Waals surface area contributed by atoms with Gasteiger partial charge in [0.1, 0.15) is 13.2 Å². The van der Waals surface area contributed by atoms with E-state index in [1.54, 1.807) is 11.3 Å². The summed E-state index contributed by atoms with van der Waals surface area (Å²) in [5.74, 6) is 1.80. The second-order valence-corrected chi connectivity index (χ2v) is 7.68. The summed E-state index contributed by atoms with van der Waals surface area (Å²) >= 11 is 1.79. The normalized spacial score (nSPS) is 17.6. The highest BCUT2D eigenvalue weighted by molar-refractivity contribution is 7.22. The van der Waals surface area contributed by atoms with Crippen molar-refractivity contribution in [2.45, 2.75) is 6.54 Å². The first-order valence-corrected chi connectivity index (χ1v) is 9.89. The standard InChI is InChI=1S/C20H21N3O2S/c1-2-7-18-16(5-1)21-20(26-18)23-10-8-22(9-11-23)14-15-4-3-6-17-19(15)25-13-12-24-17/h1-7H,8-14H2. The summed E-state index contributed by atoms with van der Waals surface area (Å²) < 4.78 is 12.8. The molecule has 6 heteroatoms. The van der Waals surface area contributed by atoms with E-state index in [1.165, 1.54) is 10.3 Å². The summed E-state index contributed by atoms with van der Waals surface area (Å²) in [6.07, 6.45) is 0. The molecule has 2 aliphatic heterocycles. The third-order valence-electron chi connectivity index (χ3n) is 4.97. The minimum absolute atomic E-state index is 0.634. The molecule has 0 aliphatic carbocycles. The maximum absolute atomic E-state index is 5.85. The number of rotatable bonds is 3. The number of thiazole rings is 1. The van der Waals surface area contributed by atoms with Crippen molar-refractivity contribution in [3.8, 4) is 11.5 Å². The van der Waals surface area contributed by atoms with E-state index >= 15 is 0 Å². The Morgan fingerprint density at radius 1 is 0.923 bits per heavy atom. The molecule has 3 aromatic rings. The van der Waals surface area contributed by atoms with Gasteiger partial charge in [-0.1, -0.05) is 35.6 Å². The fraction of sp³-hybridized carbons (Fsp3) is 0.350. The lowest BCUT2D eigenvalue weighted by atomic mass is 10.1. The first-order chi connectivity index (χ1) is 12.9. The van der Waals surface area contributed by atoms with Gasteiger partial charge in [-0.05, 0) is 18.2 Å². The molecule has 0 N–H and O–H groups in total. The van der Waals surface area contributed by atoms with Crippen LogP contribution in [0.15, 0.2) is 42.5 Å². The van der Waals surface area contributed by atoms with Crippen molar-refractivity contribution < 1.29 is 9.47 Å². The summed E-state index contributed by atoms with van der Waals surface area (Å²) in [7, 11) is 0. The van der Waals surface area contributed by atoms with Gasteiger partial charge in [0, 0.05) is 38.3 Å². The van der Waals surface area contributed by atoms with Gasteiger partial charge in [0.15, 0.2) is 16.6 Å². The molecule has 0 saturated carbocycles. The Morgan fingerprint density at radius 2 is 1.77 bits per heavy atom. The lowest BCUT2D eigenvalue weighted by Crippen LogP contribution is -2.46. The Kier molecular flexibility index (Phi) is 4.15. The fourth-order valence-corrected chi connectivity index (χ4v) is 4.61. The largest absolute Gasteiger partial charge is 0.486 e. The van der Waals surface area contributed by atoms with Crippen LogP contribution in [-0.4, -0.2) is 49.3 Å². The van der Waals surface area contributed by atoms with Gasteiger partial charge in [0.2, 0.25) is 0 Å². The highest BCUT2D eigenvalue weighted by Gasteiger charge is 2.22. The number of hydrogen-bond donors (Lipinski definition) is 0. The average Bonchev–Trinajstić information content (AvgIpc) is 3.13. The smallest absolute Gasteiger partial charge is 0.186 e. The zero-order valence-corrected chi connectivity index (χ0v) is 15.4. The molecule has 0 spiro atoms. The van der Waals surface area contributed by atoms with Crippen molar-refractivity contribution in [1.82, 2.24) is 9.88 Å². The fourth-order valence-electron chi connectivity index (χ4n) is 3.59. The van der Waals surface area contributed by atoms with Crippen LogP contribution < -0.4 is 14.4 Å². The molecule has 0 bridgehead atoms. The molecular formula is C20H21N3O2S. The zero-order chi connectivity index (χ0) is 17.3. The quantitative estimate of drug-likeness (QED) is 0.709. The van der Waals surface area contributed by atoms with Gasteiger partial charge in [-0.25, -0.2) is 4.98 Å². The number of piperazine rings is 1. The Hall–Kier alpha value is -2.31. The van der Waals surface area contributed by atoms with Gasteiger partial charge in [0.05, 0.1) is 10.2 Å². The van der Waals surface area contributed by atoms with Crippen molar-refractivity contribution in [2.24, 2.45) is 0 Å². The maximum atomic E-state index is 5.85. The lowest BCUT2D eigenvalue weighted by Gasteiger charge is -2.35. The molecule has 1 saturated heterocycles. The van der Waals surface area contributed by atoms with Crippen LogP contribution in [0.25, 0.3) is 10.2 Å². The average molecular weight is 367 g/mol. The molecule has 5 rings (SSSR count). The van der Waals surface area contributed by atoms with Crippen LogP contribution in [0.1, 0.15) is 5.56 Å². The third-order valence-corrected chi connectivity index (χ3v) is 6.06. The molecule has 0 radical (unpaired) electrons. The van der Waals surface area contributed by atoms with E-state index in [2.05, 4.69) is 46.2 Å². The van der Waals surface area contributed by atoms with E-state index in [1.807, 2.05) is 6.07 Å². The molecule has 134 valence electrons. The van der Waals surface area contributed by atoms with Crippen LogP contribution >= 0.6 is 11.3 Å². The molecule has 2 aliphatic rings. The number of fused-ring (bicyclic) bond motifs is 2. The number of hydrogen-bond acceptors (Lipinski definition) is 6. The number of ether oxygens (including phenoxy) is 2. The van der Waals surface area contributed by atoms with Crippen LogP contribution in [-0.2, 0) is 6.54 Å². The van der Waals surface area contributed by atoms with Crippen molar-refractivity contribution in [2.75, 3.05) is 44.3 Å². The van der Waals surface area contributed by atoms with Crippen LogP contribution in [0.4, 0.5) is 5.13 Å². The summed E-state index contributed by atoms with van der Waals surface area (Å²) in [4.78, 5) is 9.68. The van der Waals surface area contributed by atoms with Crippen LogP contribution in [0.2, 0.25) is 0 Å². The van der Waals surface area contributed by atoms with E-state index in [9.17, 15) is 0 Å². The van der Waals surface area contributed by atoms with Crippen LogP contribution in [0.5, 0.6) is 11.5 Å². The number of para-hydroxylation sites is 2. The molecule has 3 heterocycles. The highest BCUT2D eigenvalue weighted by atomic mass is 32.1. The predicted octanol–water partition coefficient (Wildman–Crippen LogP) is 3.39. The number of benzene rings is 2. The van der Waals surface area contributed by atoms with Gasteiger partial charge in [0.25, 0.3) is 0 Å². The first-order valence-electron chi connectivity index (χ1n) is 9.07. The van der Waals surface area contributed by atoms with Crippen molar-refractivity contribution in [3.63, 3.8) is 0 Å². The Morgan fingerprint density at radius 3 is 2.65 bits per heavy atom. The molecule has 0 atom stereocenters. The predicted molar refractivity (Wildman–Crippen MR) is 105 cm³/mol. The van der Waals surface area contributed by atoms with Crippen molar-refractivity contribution in [3.05, 3.63) is 48.0 Å². The van der Waals surface area contributed by atoms with Crippen LogP contribution in [0, 0.1) is 0 Å². The number of anilines is 1. The monoisotopic (exact) mass is 367 g/mol. The van der Waals surface area contributed by atoms with Crippen molar-refractivity contribution >= 4 is 26.7 Å². The molecule has 0 unspecified atom stereocenters. The topological polar surface area (TPSA) is 37.8 Å². The van der Waals surface area contributed by atoms with E-state index in [-0.39, 0.29) is 0 Å². The molecule has 26 heavy (non-hydrogen) atoms. The van der Waals surface area contributed by atoms with E-state index in [4.69, 9.17) is 14.5 Å². The molecular weight excluding hydrogens is 346 g/mol. The van der Waals surface area contributed by atoms with E-state index < -0.39 is 0 Å². The van der Waals surface area contributed by atoms with Gasteiger partial charge in [-0.2, -0.15) is 0 Å². The maximum Gasteiger partial charge on any atom is 0.186 e. The minimum atomic E-state index is 0.634. The van der Waals surface area contributed by atoms with Gasteiger partial charge in [-0.3, -0.25) is 4.90 Å². The molecule has 1 aromatic heterocycles. The molecule has 2 aromatic carbocycles. The highest BCUT2D eigenvalue weighted by Crippen LogP contribution is 2.35. The van der Waals surface area contributed by atoms with Gasteiger partial charge >= 0.3 is 0 Å². The Balaban J connectivity index is 1.26. The van der Waals surface area contributed by atoms with E-state index in [0.717, 1.165) is 54.9 Å². The summed E-state index contributed by atoms with van der Waals surface area (Å²) in [5, 5.41) is 1.14. The minimum Gasteiger partial charge on any atom is -0.486 e. The second-order valence-electron chi connectivity index (χ2n) is 6.67. The number of aromatic nitrogens is 1. The molecule has 0 amide bonds. The van der Waals surface area contributed by atoms with Gasteiger partial charge < -0.3 is 14.4 Å². The summed E-state index contributed by atoms with van der Waals surface area (Å²) in [5.41, 5.74) is 2.32.